The van der Waals surface area contributed by atoms with Crippen LogP contribution in [-0.2, 0) is 6.42 Å². The monoisotopic (exact) mass is 326 g/mol. The predicted octanol–water partition coefficient (Wildman–Crippen LogP) is 4.18. The molecule has 3 aromatic rings. The van der Waals surface area contributed by atoms with Crippen LogP contribution in [0.15, 0.2) is 48.7 Å². The summed E-state index contributed by atoms with van der Waals surface area (Å²) in [6, 6.07) is 11.9. The lowest BCUT2D eigenvalue weighted by atomic mass is 9.96. The van der Waals surface area contributed by atoms with Gasteiger partial charge in [-0.2, -0.15) is 0 Å². The third-order valence-corrected chi connectivity index (χ3v) is 4.33. The zero-order chi connectivity index (χ0) is 16.5. The van der Waals surface area contributed by atoms with Gasteiger partial charge in [-0.3, -0.25) is 4.98 Å². The molecule has 1 aromatic heterocycles. The van der Waals surface area contributed by atoms with Gasteiger partial charge in [0.2, 0.25) is 0 Å². The lowest BCUT2D eigenvalue weighted by Crippen LogP contribution is -2.27. The van der Waals surface area contributed by atoms with Gasteiger partial charge in [0.05, 0.1) is 12.0 Å². The molecular weight excluding hydrogens is 310 g/mol. The van der Waals surface area contributed by atoms with Crippen LogP contribution in [-0.4, -0.2) is 18.1 Å². The molecule has 1 aliphatic rings. The van der Waals surface area contributed by atoms with Crippen molar-refractivity contribution in [1.82, 2.24) is 4.98 Å². The molecule has 24 heavy (non-hydrogen) atoms. The van der Waals surface area contributed by atoms with Gasteiger partial charge >= 0.3 is 0 Å². The number of rotatable bonds is 3. The highest BCUT2D eigenvalue weighted by molar-refractivity contribution is 5.91. The van der Waals surface area contributed by atoms with Crippen LogP contribution in [0.1, 0.15) is 5.56 Å². The number of pyridine rings is 1. The number of hydrogen-bond donors (Lipinski definition) is 1. The maximum Gasteiger partial charge on any atom is 0.149 e. The van der Waals surface area contributed by atoms with Gasteiger partial charge in [0, 0.05) is 24.3 Å². The van der Waals surface area contributed by atoms with E-state index in [4.69, 9.17) is 4.74 Å². The van der Waals surface area contributed by atoms with Crippen molar-refractivity contribution in [3.63, 3.8) is 0 Å². The lowest BCUT2D eigenvalue weighted by Gasteiger charge is -2.26. The van der Waals surface area contributed by atoms with E-state index in [-0.39, 0.29) is 16.8 Å². The zero-order valence-corrected chi connectivity index (χ0v) is 12.9. The van der Waals surface area contributed by atoms with Crippen LogP contribution in [0.5, 0.6) is 5.75 Å². The second-order valence-electron chi connectivity index (χ2n) is 5.98. The van der Waals surface area contributed by atoms with Crippen molar-refractivity contribution in [3.05, 3.63) is 65.9 Å². The molecule has 0 amide bonds. The van der Waals surface area contributed by atoms with E-state index in [1.165, 1.54) is 11.8 Å². The summed E-state index contributed by atoms with van der Waals surface area (Å²) < 4.78 is 33.7. The minimum atomic E-state index is -0.523. The summed E-state index contributed by atoms with van der Waals surface area (Å²) in [5.41, 5.74) is 1.77. The molecule has 0 aliphatic carbocycles. The van der Waals surface area contributed by atoms with Gasteiger partial charge in [0.15, 0.2) is 0 Å². The third kappa shape index (κ3) is 2.66. The summed E-state index contributed by atoms with van der Waals surface area (Å²) in [7, 11) is 0. The summed E-state index contributed by atoms with van der Waals surface area (Å²) in [6.45, 7) is 1.22. The average Bonchev–Trinajstić information content (AvgIpc) is 2.63. The maximum absolute atomic E-state index is 14.1. The molecule has 1 atom stereocenters. The number of aromatic nitrogens is 1. The highest BCUT2D eigenvalue weighted by atomic mass is 19.1. The van der Waals surface area contributed by atoms with Crippen LogP contribution < -0.4 is 10.1 Å². The fourth-order valence-corrected chi connectivity index (χ4v) is 3.12. The molecule has 0 saturated carbocycles. The standard InChI is InChI=1S/C19H16F2N2O/c20-14-5-6-15(21)19-18(14)16(7-8-22-19)23-10-12-9-13-3-1-2-4-17(13)24-11-12/h1-8,12H,9-11H2,(H,22,23). The number of anilines is 1. The van der Waals surface area contributed by atoms with Gasteiger partial charge in [-0.25, -0.2) is 8.78 Å². The average molecular weight is 326 g/mol. The number of nitrogens with zero attached hydrogens (tertiary/aromatic N) is 1. The van der Waals surface area contributed by atoms with Crippen molar-refractivity contribution in [2.24, 2.45) is 5.92 Å². The van der Waals surface area contributed by atoms with Crippen molar-refractivity contribution in [2.45, 2.75) is 6.42 Å². The van der Waals surface area contributed by atoms with E-state index in [0.29, 0.717) is 18.8 Å². The number of para-hydroxylation sites is 1. The van der Waals surface area contributed by atoms with Crippen molar-refractivity contribution in [3.8, 4) is 5.75 Å². The predicted molar refractivity (Wildman–Crippen MR) is 89.3 cm³/mol. The van der Waals surface area contributed by atoms with Crippen molar-refractivity contribution < 1.29 is 13.5 Å². The molecule has 0 fully saturated rings. The molecular formula is C19H16F2N2O. The Balaban J connectivity index is 1.55. The van der Waals surface area contributed by atoms with Gasteiger partial charge in [-0.05, 0) is 36.2 Å². The molecule has 122 valence electrons. The van der Waals surface area contributed by atoms with E-state index >= 15 is 0 Å². The number of halogens is 2. The Labute approximate surface area is 138 Å². The molecule has 3 nitrogen and oxygen atoms in total. The number of fused-ring (bicyclic) bond motifs is 2. The van der Waals surface area contributed by atoms with Crippen molar-refractivity contribution in [1.29, 1.82) is 0 Å². The van der Waals surface area contributed by atoms with E-state index < -0.39 is 11.6 Å². The van der Waals surface area contributed by atoms with Gasteiger partial charge in [0.1, 0.15) is 22.9 Å². The second-order valence-corrected chi connectivity index (χ2v) is 5.98. The molecule has 0 spiro atoms. The highest BCUT2D eigenvalue weighted by Crippen LogP contribution is 2.29. The Bertz CT molecular complexity index is 898. The Morgan fingerprint density at radius 2 is 1.92 bits per heavy atom. The molecule has 2 aromatic carbocycles. The summed E-state index contributed by atoms with van der Waals surface area (Å²) in [5, 5.41) is 3.42. The SMILES string of the molecule is Fc1ccc(F)c2c(NCC3COc4ccccc4C3)ccnc12. The number of ether oxygens (including phenoxy) is 1. The van der Waals surface area contributed by atoms with Crippen LogP contribution in [0, 0.1) is 17.6 Å². The smallest absolute Gasteiger partial charge is 0.149 e. The molecule has 0 bridgehead atoms. The molecule has 5 heteroatoms. The minimum absolute atomic E-state index is 0.0465. The van der Waals surface area contributed by atoms with Crippen molar-refractivity contribution >= 4 is 16.6 Å². The number of benzene rings is 2. The van der Waals surface area contributed by atoms with E-state index in [2.05, 4.69) is 16.4 Å². The summed E-state index contributed by atoms with van der Waals surface area (Å²) in [5.74, 6) is 0.188. The Morgan fingerprint density at radius 1 is 1.08 bits per heavy atom. The summed E-state index contributed by atoms with van der Waals surface area (Å²) >= 11 is 0. The molecule has 1 unspecified atom stereocenters. The summed E-state index contributed by atoms with van der Waals surface area (Å²) in [6.07, 6.45) is 2.38. The Kier molecular flexibility index (Phi) is 3.76. The first-order valence-electron chi connectivity index (χ1n) is 7.89. The topological polar surface area (TPSA) is 34.1 Å². The number of nitrogens with one attached hydrogen (secondary N) is 1. The van der Waals surface area contributed by atoms with Gasteiger partial charge < -0.3 is 10.1 Å². The van der Waals surface area contributed by atoms with E-state index in [1.54, 1.807) is 6.07 Å². The second kappa shape index (κ2) is 6.07. The normalized spacial score (nSPS) is 16.5. The third-order valence-electron chi connectivity index (χ3n) is 4.33. The highest BCUT2D eigenvalue weighted by Gasteiger charge is 2.20. The van der Waals surface area contributed by atoms with Crippen molar-refractivity contribution in [2.75, 3.05) is 18.5 Å². The fourth-order valence-electron chi connectivity index (χ4n) is 3.12. The molecule has 4 rings (SSSR count). The van der Waals surface area contributed by atoms with Gasteiger partial charge in [-0.15, -0.1) is 0 Å². The molecule has 0 radical (unpaired) electrons. The Hall–Kier alpha value is -2.69. The molecule has 0 saturated heterocycles. The van der Waals surface area contributed by atoms with Crippen LogP contribution in [0.4, 0.5) is 14.5 Å². The van der Waals surface area contributed by atoms with Gasteiger partial charge in [0.25, 0.3) is 0 Å². The largest absolute Gasteiger partial charge is 0.493 e. The first kappa shape index (κ1) is 14.9. The van der Waals surface area contributed by atoms with E-state index in [1.807, 2.05) is 18.2 Å². The van der Waals surface area contributed by atoms with Crippen LogP contribution in [0.2, 0.25) is 0 Å². The molecule has 1 N–H and O–H groups in total. The number of hydrogen-bond acceptors (Lipinski definition) is 3. The first-order chi connectivity index (χ1) is 11.7. The molecule has 1 aliphatic heterocycles. The molecule has 2 heterocycles. The maximum atomic E-state index is 14.1. The first-order valence-corrected chi connectivity index (χ1v) is 7.89. The van der Waals surface area contributed by atoms with Crippen LogP contribution >= 0.6 is 0 Å². The minimum Gasteiger partial charge on any atom is -0.493 e. The zero-order valence-electron chi connectivity index (χ0n) is 12.9. The van der Waals surface area contributed by atoms with Gasteiger partial charge in [-0.1, -0.05) is 18.2 Å². The fraction of sp³-hybridized carbons (Fsp3) is 0.211. The van der Waals surface area contributed by atoms with Crippen LogP contribution in [0.3, 0.4) is 0 Å². The Morgan fingerprint density at radius 3 is 2.83 bits per heavy atom. The summed E-state index contributed by atoms with van der Waals surface area (Å²) in [4.78, 5) is 3.95. The lowest BCUT2D eigenvalue weighted by molar-refractivity contribution is 0.229. The van der Waals surface area contributed by atoms with Crippen LogP contribution in [0.25, 0.3) is 10.9 Å². The quantitative estimate of drug-likeness (QED) is 0.784. The van der Waals surface area contributed by atoms with E-state index in [0.717, 1.165) is 24.3 Å². The van der Waals surface area contributed by atoms with E-state index in [9.17, 15) is 8.78 Å².